The lowest BCUT2D eigenvalue weighted by atomic mass is 10.4. The van der Waals surface area contributed by atoms with Gasteiger partial charge in [0.2, 0.25) is 0 Å². The van der Waals surface area contributed by atoms with Gasteiger partial charge in [-0.15, -0.1) is 0 Å². The molecule has 74 valence electrons. The summed E-state index contributed by atoms with van der Waals surface area (Å²) < 4.78 is 0. The summed E-state index contributed by atoms with van der Waals surface area (Å²) in [5.41, 5.74) is 0. The number of benzene rings is 1. The van der Waals surface area contributed by atoms with Crippen LogP contribution in [0.5, 0.6) is 0 Å². The Morgan fingerprint density at radius 3 is 2.57 bits per heavy atom. The van der Waals surface area contributed by atoms with E-state index in [-0.39, 0.29) is 0 Å². The third-order valence-electron chi connectivity index (χ3n) is 1.72. The Morgan fingerprint density at radius 2 is 2.00 bits per heavy atom. The van der Waals surface area contributed by atoms with Crippen molar-refractivity contribution in [3.05, 3.63) is 53.5 Å². The van der Waals surface area contributed by atoms with E-state index in [2.05, 4.69) is 56.3 Å². The average molecular weight is 204 g/mol. The zero-order valence-electron chi connectivity index (χ0n) is 8.73. The van der Waals surface area contributed by atoms with Crippen LogP contribution in [0.15, 0.2) is 58.4 Å². The number of hydrogen-bond acceptors (Lipinski definition) is 1. The molecule has 0 aromatic heterocycles. The molecule has 1 rings (SSSR count). The van der Waals surface area contributed by atoms with Gasteiger partial charge in [0, 0.05) is 9.80 Å². The van der Waals surface area contributed by atoms with Crippen LogP contribution in [0.2, 0.25) is 0 Å². The molecule has 0 atom stereocenters. The van der Waals surface area contributed by atoms with Crippen molar-refractivity contribution in [2.45, 2.75) is 25.2 Å². The van der Waals surface area contributed by atoms with Crippen molar-refractivity contribution in [1.82, 2.24) is 0 Å². The molecular weight excluding hydrogens is 188 g/mol. The predicted molar refractivity (Wildman–Crippen MR) is 65.5 cm³/mol. The number of hydrogen-bond donors (Lipinski definition) is 0. The molecule has 1 heteroatoms. The Labute approximate surface area is 90.7 Å². The summed E-state index contributed by atoms with van der Waals surface area (Å²) in [5, 5.41) is 0. The molecule has 0 saturated carbocycles. The molecule has 1 aromatic carbocycles. The van der Waals surface area contributed by atoms with E-state index < -0.39 is 0 Å². The van der Waals surface area contributed by atoms with E-state index in [4.69, 9.17) is 0 Å². The minimum absolute atomic E-state index is 1.08. The van der Waals surface area contributed by atoms with Crippen molar-refractivity contribution in [1.29, 1.82) is 0 Å². The first-order chi connectivity index (χ1) is 6.86. The number of rotatable bonds is 4. The van der Waals surface area contributed by atoms with E-state index in [1.165, 1.54) is 9.80 Å². The Balaban J connectivity index is 2.70. The van der Waals surface area contributed by atoms with E-state index >= 15 is 0 Å². The van der Waals surface area contributed by atoms with Gasteiger partial charge in [0.1, 0.15) is 0 Å². The van der Waals surface area contributed by atoms with Crippen molar-refractivity contribution >= 4 is 11.8 Å². The molecular formula is C13H16S. The Morgan fingerprint density at radius 1 is 1.29 bits per heavy atom. The molecule has 0 radical (unpaired) electrons. The standard InChI is InChI=1S/C13H16S/c1-3-8-12(9-4-2)14-13-10-6-5-7-11-13/h3,5-11H,4H2,1-2H3/b8-3-,12-9+. The van der Waals surface area contributed by atoms with Crippen LogP contribution >= 0.6 is 11.8 Å². The molecule has 0 N–H and O–H groups in total. The molecule has 0 fully saturated rings. The van der Waals surface area contributed by atoms with Gasteiger partial charge in [-0.1, -0.05) is 55.1 Å². The molecule has 0 saturated heterocycles. The van der Waals surface area contributed by atoms with Gasteiger partial charge >= 0.3 is 0 Å². The summed E-state index contributed by atoms with van der Waals surface area (Å²) in [6, 6.07) is 10.5. The van der Waals surface area contributed by atoms with Gasteiger partial charge in [-0.2, -0.15) is 0 Å². The van der Waals surface area contributed by atoms with E-state index in [0.29, 0.717) is 0 Å². The highest BCUT2D eigenvalue weighted by Crippen LogP contribution is 2.27. The SMILES string of the molecule is C/C=C\C(=C/CC)Sc1ccccc1. The fourth-order valence-electron chi connectivity index (χ4n) is 1.13. The van der Waals surface area contributed by atoms with Crippen LogP contribution in [0.4, 0.5) is 0 Å². The summed E-state index contributed by atoms with van der Waals surface area (Å²) in [6.45, 7) is 4.21. The minimum atomic E-state index is 1.08. The molecule has 0 nitrogen and oxygen atoms in total. The van der Waals surface area contributed by atoms with Gasteiger partial charge in [0.15, 0.2) is 0 Å². The van der Waals surface area contributed by atoms with Crippen LogP contribution in [-0.2, 0) is 0 Å². The second kappa shape index (κ2) is 6.50. The Kier molecular flexibility index (Phi) is 5.16. The number of allylic oxidation sites excluding steroid dienone is 3. The Hall–Kier alpha value is -0.950. The summed E-state index contributed by atoms with van der Waals surface area (Å²) >= 11 is 1.81. The van der Waals surface area contributed by atoms with Crippen LogP contribution in [-0.4, -0.2) is 0 Å². The molecule has 0 spiro atoms. The average Bonchev–Trinajstić information content (AvgIpc) is 2.20. The maximum absolute atomic E-state index is 2.25. The molecule has 0 heterocycles. The molecule has 14 heavy (non-hydrogen) atoms. The lowest BCUT2D eigenvalue weighted by molar-refractivity contribution is 1.22. The van der Waals surface area contributed by atoms with E-state index in [0.717, 1.165) is 6.42 Å². The van der Waals surface area contributed by atoms with Gasteiger partial charge in [-0.3, -0.25) is 0 Å². The number of thioether (sulfide) groups is 1. The van der Waals surface area contributed by atoms with Crippen molar-refractivity contribution < 1.29 is 0 Å². The van der Waals surface area contributed by atoms with Crippen molar-refractivity contribution in [3.8, 4) is 0 Å². The van der Waals surface area contributed by atoms with Crippen LogP contribution < -0.4 is 0 Å². The van der Waals surface area contributed by atoms with Crippen molar-refractivity contribution in [3.63, 3.8) is 0 Å². The van der Waals surface area contributed by atoms with Gasteiger partial charge in [-0.05, 0) is 25.5 Å². The first-order valence-corrected chi connectivity index (χ1v) is 5.74. The maximum Gasteiger partial charge on any atom is 0.0122 e. The first kappa shape index (κ1) is 11.1. The summed E-state index contributed by atoms with van der Waals surface area (Å²) in [5.74, 6) is 0. The molecule has 1 aromatic rings. The van der Waals surface area contributed by atoms with Gasteiger partial charge < -0.3 is 0 Å². The molecule has 0 bridgehead atoms. The van der Waals surface area contributed by atoms with Crippen molar-refractivity contribution in [2.75, 3.05) is 0 Å². The smallest absolute Gasteiger partial charge is 0.0122 e. The van der Waals surface area contributed by atoms with Gasteiger partial charge in [0.25, 0.3) is 0 Å². The monoisotopic (exact) mass is 204 g/mol. The van der Waals surface area contributed by atoms with E-state index in [1.807, 2.05) is 17.8 Å². The first-order valence-electron chi connectivity index (χ1n) is 4.92. The van der Waals surface area contributed by atoms with Gasteiger partial charge in [-0.25, -0.2) is 0 Å². The molecule has 0 aliphatic carbocycles. The molecule has 0 amide bonds. The van der Waals surface area contributed by atoms with Crippen LogP contribution in [0.3, 0.4) is 0 Å². The lowest BCUT2D eigenvalue weighted by Crippen LogP contribution is -1.73. The maximum atomic E-state index is 2.25. The summed E-state index contributed by atoms with van der Waals surface area (Å²) in [6.07, 6.45) is 7.57. The van der Waals surface area contributed by atoms with E-state index in [1.54, 1.807) is 0 Å². The minimum Gasteiger partial charge on any atom is -0.0905 e. The normalized spacial score (nSPS) is 12.3. The largest absolute Gasteiger partial charge is 0.0905 e. The third kappa shape index (κ3) is 3.84. The van der Waals surface area contributed by atoms with Crippen LogP contribution in [0, 0.1) is 0 Å². The predicted octanol–water partition coefficient (Wildman–Crippen LogP) is 4.65. The Bertz CT molecular complexity index is 309. The molecule has 0 aliphatic rings. The quantitative estimate of drug-likeness (QED) is 0.508. The lowest BCUT2D eigenvalue weighted by Gasteiger charge is -2.01. The zero-order chi connectivity index (χ0) is 10.2. The van der Waals surface area contributed by atoms with Crippen LogP contribution in [0.25, 0.3) is 0 Å². The van der Waals surface area contributed by atoms with E-state index in [9.17, 15) is 0 Å². The molecule has 0 unspecified atom stereocenters. The fourth-order valence-corrected chi connectivity index (χ4v) is 2.15. The molecule has 0 aliphatic heterocycles. The van der Waals surface area contributed by atoms with Crippen LogP contribution in [0.1, 0.15) is 20.3 Å². The third-order valence-corrected chi connectivity index (χ3v) is 2.76. The highest BCUT2D eigenvalue weighted by atomic mass is 32.2. The second-order valence-corrected chi connectivity index (χ2v) is 4.08. The van der Waals surface area contributed by atoms with Crippen molar-refractivity contribution in [2.24, 2.45) is 0 Å². The zero-order valence-corrected chi connectivity index (χ0v) is 9.55. The highest BCUT2D eigenvalue weighted by molar-refractivity contribution is 8.03. The summed E-state index contributed by atoms with van der Waals surface area (Å²) in [4.78, 5) is 2.62. The fraction of sp³-hybridized carbons (Fsp3) is 0.231. The topological polar surface area (TPSA) is 0 Å². The second-order valence-electron chi connectivity index (χ2n) is 2.93. The van der Waals surface area contributed by atoms with Gasteiger partial charge in [0.05, 0.1) is 0 Å². The highest BCUT2D eigenvalue weighted by Gasteiger charge is 1.94. The summed E-state index contributed by atoms with van der Waals surface area (Å²) in [7, 11) is 0.